The van der Waals surface area contributed by atoms with E-state index in [0.717, 1.165) is 5.56 Å². The summed E-state index contributed by atoms with van der Waals surface area (Å²) in [5, 5.41) is 22.7. The molecule has 0 spiro atoms. The number of nitrogens with one attached hydrogen (secondary N) is 1. The summed E-state index contributed by atoms with van der Waals surface area (Å²) in [5.74, 6) is -0.530. The molecule has 0 radical (unpaired) electrons. The van der Waals surface area contributed by atoms with E-state index in [1.807, 2.05) is 30.3 Å². The number of amides is 1. The fourth-order valence-corrected chi connectivity index (χ4v) is 2.43. The lowest BCUT2D eigenvalue weighted by atomic mass is 10.0. The van der Waals surface area contributed by atoms with E-state index in [4.69, 9.17) is 9.47 Å². The molecule has 0 saturated carbocycles. The van der Waals surface area contributed by atoms with Crippen LogP contribution in [0.5, 0.6) is 5.75 Å². The Bertz CT molecular complexity index is 710. The van der Waals surface area contributed by atoms with Crippen molar-refractivity contribution >= 4 is 6.09 Å². The van der Waals surface area contributed by atoms with Gasteiger partial charge in [-0.1, -0.05) is 36.4 Å². The van der Waals surface area contributed by atoms with E-state index < -0.39 is 24.1 Å². The number of benzene rings is 2. The van der Waals surface area contributed by atoms with Crippen LogP contribution in [0.4, 0.5) is 9.18 Å². The molecule has 0 bridgehead atoms. The molecule has 26 heavy (non-hydrogen) atoms. The molecule has 3 N–H and O–H groups in total. The van der Waals surface area contributed by atoms with Gasteiger partial charge < -0.3 is 25.0 Å². The summed E-state index contributed by atoms with van der Waals surface area (Å²) in [7, 11) is 1.35. The zero-order valence-electron chi connectivity index (χ0n) is 14.4. The van der Waals surface area contributed by atoms with Crippen LogP contribution in [-0.2, 0) is 11.3 Å². The van der Waals surface area contributed by atoms with Gasteiger partial charge in [0.1, 0.15) is 24.3 Å². The van der Waals surface area contributed by atoms with Gasteiger partial charge in [0.25, 0.3) is 0 Å². The molecule has 140 valence electrons. The number of rotatable bonds is 8. The van der Waals surface area contributed by atoms with Gasteiger partial charge in [-0.2, -0.15) is 0 Å². The molecule has 0 aromatic heterocycles. The Balaban J connectivity index is 1.79. The van der Waals surface area contributed by atoms with Crippen molar-refractivity contribution in [2.24, 2.45) is 0 Å². The Morgan fingerprint density at radius 2 is 1.88 bits per heavy atom. The Morgan fingerprint density at radius 1 is 1.15 bits per heavy atom. The summed E-state index contributed by atoms with van der Waals surface area (Å²) < 4.78 is 24.0. The molecular formula is C19H22FNO5. The third kappa shape index (κ3) is 5.44. The monoisotopic (exact) mass is 363 g/mol. The van der Waals surface area contributed by atoms with E-state index in [0.29, 0.717) is 0 Å². The number of hydrogen-bond donors (Lipinski definition) is 3. The lowest BCUT2D eigenvalue weighted by Gasteiger charge is -2.20. The third-order valence-electron chi connectivity index (χ3n) is 3.82. The van der Waals surface area contributed by atoms with E-state index in [-0.39, 0.29) is 30.9 Å². The highest BCUT2D eigenvalue weighted by molar-refractivity contribution is 5.67. The molecule has 0 aliphatic heterocycles. The van der Waals surface area contributed by atoms with Gasteiger partial charge in [0, 0.05) is 6.54 Å². The molecule has 1 amide bonds. The van der Waals surface area contributed by atoms with Gasteiger partial charge in [0.2, 0.25) is 0 Å². The Morgan fingerprint density at radius 3 is 2.58 bits per heavy atom. The molecule has 2 rings (SSSR count). The number of halogens is 1. The summed E-state index contributed by atoms with van der Waals surface area (Å²) in [5.41, 5.74) is 0.735. The molecule has 7 heteroatoms. The number of aliphatic hydroxyl groups excluding tert-OH is 2. The smallest absolute Gasteiger partial charge is 0.407 e. The van der Waals surface area contributed by atoms with Crippen molar-refractivity contribution in [2.45, 2.75) is 25.2 Å². The van der Waals surface area contributed by atoms with Crippen LogP contribution in [0.25, 0.3) is 0 Å². The van der Waals surface area contributed by atoms with Gasteiger partial charge in [-0.25, -0.2) is 9.18 Å². The van der Waals surface area contributed by atoms with Gasteiger partial charge in [0.05, 0.1) is 18.8 Å². The number of carbonyl (C=O) groups excluding carboxylic acids is 1. The van der Waals surface area contributed by atoms with E-state index >= 15 is 0 Å². The maximum Gasteiger partial charge on any atom is 0.407 e. The second-order valence-corrected chi connectivity index (χ2v) is 5.65. The second-order valence-electron chi connectivity index (χ2n) is 5.65. The van der Waals surface area contributed by atoms with Crippen molar-refractivity contribution in [1.82, 2.24) is 5.32 Å². The molecule has 2 aromatic carbocycles. The molecule has 0 aliphatic carbocycles. The topological polar surface area (TPSA) is 88.0 Å². The maximum atomic E-state index is 13.9. The summed E-state index contributed by atoms with van der Waals surface area (Å²) in [6, 6.07) is 13.3. The van der Waals surface area contributed by atoms with Crippen molar-refractivity contribution in [1.29, 1.82) is 0 Å². The minimum atomic E-state index is -1.48. The first-order valence-electron chi connectivity index (χ1n) is 8.16. The molecule has 2 aromatic rings. The summed E-state index contributed by atoms with van der Waals surface area (Å²) in [6.07, 6.45) is -3.39. The van der Waals surface area contributed by atoms with Crippen LogP contribution in [0.15, 0.2) is 48.5 Å². The average Bonchev–Trinajstić information content (AvgIpc) is 2.66. The van der Waals surface area contributed by atoms with Crippen molar-refractivity contribution in [3.8, 4) is 5.75 Å². The molecule has 2 atom stereocenters. The summed E-state index contributed by atoms with van der Waals surface area (Å²) in [4.78, 5) is 11.6. The van der Waals surface area contributed by atoms with Crippen molar-refractivity contribution < 1.29 is 28.9 Å². The second kappa shape index (κ2) is 9.74. The first-order valence-corrected chi connectivity index (χ1v) is 8.16. The molecule has 0 heterocycles. The van der Waals surface area contributed by atoms with E-state index in [1.54, 1.807) is 0 Å². The molecule has 6 nitrogen and oxygen atoms in total. The highest BCUT2D eigenvalue weighted by Crippen LogP contribution is 2.30. The largest absolute Gasteiger partial charge is 0.496 e. The van der Waals surface area contributed by atoms with Gasteiger partial charge in [-0.05, 0) is 24.1 Å². The van der Waals surface area contributed by atoms with Crippen LogP contribution in [0.3, 0.4) is 0 Å². The number of aliphatic hydroxyl groups is 2. The van der Waals surface area contributed by atoms with E-state index in [1.165, 1.54) is 25.3 Å². The molecule has 0 saturated heterocycles. The van der Waals surface area contributed by atoms with Crippen LogP contribution in [-0.4, -0.2) is 36.1 Å². The van der Waals surface area contributed by atoms with Crippen LogP contribution < -0.4 is 10.1 Å². The maximum absolute atomic E-state index is 13.9. The summed E-state index contributed by atoms with van der Waals surface area (Å²) >= 11 is 0. The van der Waals surface area contributed by atoms with Crippen LogP contribution in [0, 0.1) is 5.82 Å². The van der Waals surface area contributed by atoms with Crippen molar-refractivity contribution in [3.05, 3.63) is 65.5 Å². The van der Waals surface area contributed by atoms with E-state index in [2.05, 4.69) is 5.32 Å². The fraction of sp³-hybridized carbons (Fsp3) is 0.316. The zero-order valence-corrected chi connectivity index (χ0v) is 14.4. The van der Waals surface area contributed by atoms with Crippen LogP contribution >= 0.6 is 0 Å². The Labute approximate surface area is 151 Å². The average molecular weight is 363 g/mol. The number of alkyl carbamates (subject to hydrolysis) is 1. The zero-order chi connectivity index (χ0) is 18.9. The van der Waals surface area contributed by atoms with Crippen LogP contribution in [0.1, 0.15) is 23.7 Å². The SMILES string of the molecule is COc1cccc(F)c1C(O)C(O)CCNC(=O)OCc1ccccc1. The van der Waals surface area contributed by atoms with Gasteiger partial charge in [0.15, 0.2) is 0 Å². The highest BCUT2D eigenvalue weighted by Gasteiger charge is 2.25. The quantitative estimate of drug-likeness (QED) is 0.671. The first-order chi connectivity index (χ1) is 12.5. The van der Waals surface area contributed by atoms with Gasteiger partial charge >= 0.3 is 6.09 Å². The molecule has 0 fully saturated rings. The lowest BCUT2D eigenvalue weighted by Crippen LogP contribution is -2.30. The number of carbonyl (C=O) groups is 1. The number of methoxy groups -OCH3 is 1. The summed E-state index contributed by atoms with van der Waals surface area (Å²) in [6.45, 7) is 0.187. The normalized spacial score (nSPS) is 12.9. The van der Waals surface area contributed by atoms with Crippen LogP contribution in [0.2, 0.25) is 0 Å². The van der Waals surface area contributed by atoms with Gasteiger partial charge in [-0.3, -0.25) is 0 Å². The highest BCUT2D eigenvalue weighted by atomic mass is 19.1. The van der Waals surface area contributed by atoms with Crippen molar-refractivity contribution in [3.63, 3.8) is 0 Å². The molecule has 2 unspecified atom stereocenters. The molecular weight excluding hydrogens is 341 g/mol. The lowest BCUT2D eigenvalue weighted by molar-refractivity contribution is 0.0102. The van der Waals surface area contributed by atoms with E-state index in [9.17, 15) is 19.4 Å². The van der Waals surface area contributed by atoms with Crippen molar-refractivity contribution in [2.75, 3.05) is 13.7 Å². The Kier molecular flexibility index (Phi) is 7.37. The first kappa shape index (κ1) is 19.7. The Hall–Kier alpha value is -2.64. The predicted octanol–water partition coefficient (Wildman–Crippen LogP) is 2.55. The fourth-order valence-electron chi connectivity index (χ4n) is 2.43. The molecule has 0 aliphatic rings. The third-order valence-corrected chi connectivity index (χ3v) is 3.82. The van der Waals surface area contributed by atoms with Gasteiger partial charge in [-0.15, -0.1) is 0 Å². The minimum Gasteiger partial charge on any atom is -0.496 e. The number of ether oxygens (including phenoxy) is 2. The predicted molar refractivity (Wildman–Crippen MR) is 93.2 cm³/mol. The minimum absolute atomic E-state index is 0.0130. The standard InChI is InChI=1S/C19H22FNO5/c1-25-16-9-5-8-14(20)17(16)18(23)15(22)10-11-21-19(24)26-12-13-6-3-2-4-7-13/h2-9,15,18,22-23H,10-12H2,1H3,(H,21,24). The number of hydrogen-bond acceptors (Lipinski definition) is 5.